The van der Waals surface area contributed by atoms with E-state index < -0.39 is 0 Å². The Bertz CT molecular complexity index is 3710. The van der Waals surface area contributed by atoms with Crippen LogP contribution < -0.4 is 0 Å². The zero-order valence-electron chi connectivity index (χ0n) is 35.6. The molecular formula is C61H37N5. The molecule has 5 nitrogen and oxygen atoms in total. The lowest BCUT2D eigenvalue weighted by Crippen LogP contribution is -2.01. The van der Waals surface area contributed by atoms with E-state index in [1.54, 1.807) is 0 Å². The summed E-state index contributed by atoms with van der Waals surface area (Å²) in [6.45, 7) is 0. The predicted octanol–water partition coefficient (Wildman–Crippen LogP) is 15.3. The highest BCUT2D eigenvalue weighted by molar-refractivity contribution is 6.15. The van der Waals surface area contributed by atoms with Crippen LogP contribution in [-0.4, -0.2) is 15.0 Å². The lowest BCUT2D eigenvalue weighted by molar-refractivity contribution is 1.07. The smallest absolute Gasteiger partial charge is 0.164 e. The van der Waals surface area contributed by atoms with E-state index in [0.717, 1.165) is 66.8 Å². The van der Waals surface area contributed by atoms with Crippen molar-refractivity contribution in [2.75, 3.05) is 0 Å². The second-order valence-corrected chi connectivity index (χ2v) is 16.2. The van der Waals surface area contributed by atoms with Crippen LogP contribution in [0.3, 0.4) is 0 Å². The Kier molecular flexibility index (Phi) is 10.3. The Hall–Kier alpha value is -9.29. The summed E-state index contributed by atoms with van der Waals surface area (Å²) in [4.78, 5) is 15.1. The van der Waals surface area contributed by atoms with Gasteiger partial charge >= 0.3 is 0 Å². The topological polar surface area (TPSA) is 86.2 Å². The highest BCUT2D eigenvalue weighted by Gasteiger charge is 2.19. The predicted molar refractivity (Wildman–Crippen MR) is 268 cm³/mol. The van der Waals surface area contributed by atoms with Crippen LogP contribution in [-0.2, 0) is 0 Å². The summed E-state index contributed by atoms with van der Waals surface area (Å²) < 4.78 is 0. The molecule has 11 rings (SSSR count). The van der Waals surface area contributed by atoms with Gasteiger partial charge in [-0.1, -0.05) is 194 Å². The van der Waals surface area contributed by atoms with Crippen LogP contribution in [0.15, 0.2) is 224 Å². The normalized spacial score (nSPS) is 11.0. The highest BCUT2D eigenvalue weighted by atomic mass is 15.0. The van der Waals surface area contributed by atoms with Gasteiger partial charge in [0.1, 0.15) is 0 Å². The monoisotopic (exact) mass is 839 g/mol. The second-order valence-electron chi connectivity index (χ2n) is 16.2. The summed E-state index contributed by atoms with van der Waals surface area (Å²) >= 11 is 0. The van der Waals surface area contributed by atoms with Crippen molar-refractivity contribution in [1.82, 2.24) is 15.0 Å². The van der Waals surface area contributed by atoms with Crippen LogP contribution >= 0.6 is 0 Å². The first-order valence-corrected chi connectivity index (χ1v) is 21.8. The first-order valence-electron chi connectivity index (χ1n) is 21.8. The van der Waals surface area contributed by atoms with E-state index in [9.17, 15) is 10.5 Å². The van der Waals surface area contributed by atoms with Crippen molar-refractivity contribution in [3.8, 4) is 102 Å². The maximum Gasteiger partial charge on any atom is 0.164 e. The van der Waals surface area contributed by atoms with Gasteiger partial charge in [0.05, 0.1) is 23.3 Å². The summed E-state index contributed by atoms with van der Waals surface area (Å²) in [6, 6.07) is 81.2. The van der Waals surface area contributed by atoms with E-state index in [-0.39, 0.29) is 0 Å². The van der Waals surface area contributed by atoms with Crippen LogP contribution in [0.4, 0.5) is 0 Å². The summed E-state index contributed by atoms with van der Waals surface area (Å²) in [5, 5.41) is 24.4. The Balaban J connectivity index is 0.982. The van der Waals surface area contributed by atoms with Gasteiger partial charge in [-0.05, 0) is 108 Å². The Morgan fingerprint density at radius 3 is 1.53 bits per heavy atom. The number of fused-ring (bicyclic) bond motifs is 3. The molecule has 11 aromatic rings. The summed E-state index contributed by atoms with van der Waals surface area (Å²) in [6.07, 6.45) is 0. The van der Waals surface area contributed by atoms with Crippen LogP contribution in [0, 0.1) is 22.7 Å². The fourth-order valence-corrected chi connectivity index (χ4v) is 9.00. The van der Waals surface area contributed by atoms with Crippen LogP contribution in [0.25, 0.3) is 111 Å². The van der Waals surface area contributed by atoms with Crippen molar-refractivity contribution in [1.29, 1.82) is 10.5 Å². The van der Waals surface area contributed by atoms with E-state index in [4.69, 9.17) is 15.0 Å². The van der Waals surface area contributed by atoms with E-state index in [2.05, 4.69) is 152 Å². The molecule has 0 unspecified atom stereocenters. The van der Waals surface area contributed by atoms with Gasteiger partial charge < -0.3 is 0 Å². The van der Waals surface area contributed by atoms with E-state index in [0.29, 0.717) is 28.6 Å². The highest BCUT2D eigenvalue weighted by Crippen LogP contribution is 2.43. The molecule has 1 aromatic heterocycles. The van der Waals surface area contributed by atoms with Gasteiger partial charge in [0.2, 0.25) is 0 Å². The SMILES string of the molecule is N#Cc1ccc(-c2ccccc2-c2nc(-c3ccccc3)nc(-c3ccc(-c4cccc(-c5cc(C#N)ccc5-c5ccccc5-c5cccc6ccc7ccccc7c56)c4)cc3)n2)cc1. The molecule has 66 heavy (non-hydrogen) atoms. The molecule has 10 aromatic carbocycles. The second kappa shape index (κ2) is 17.1. The molecule has 306 valence electrons. The lowest BCUT2D eigenvalue weighted by atomic mass is 9.86. The van der Waals surface area contributed by atoms with Gasteiger partial charge in [-0.25, -0.2) is 15.0 Å². The van der Waals surface area contributed by atoms with Crippen molar-refractivity contribution in [2.24, 2.45) is 0 Å². The fourth-order valence-electron chi connectivity index (χ4n) is 9.00. The Morgan fingerprint density at radius 2 is 0.773 bits per heavy atom. The van der Waals surface area contributed by atoms with Crippen molar-refractivity contribution in [3.63, 3.8) is 0 Å². The van der Waals surface area contributed by atoms with E-state index >= 15 is 0 Å². The molecule has 0 spiro atoms. The first-order chi connectivity index (χ1) is 32.6. The van der Waals surface area contributed by atoms with Crippen LogP contribution in [0.1, 0.15) is 11.1 Å². The number of nitriles is 2. The molecule has 5 heteroatoms. The molecule has 0 saturated heterocycles. The fraction of sp³-hybridized carbons (Fsp3) is 0. The molecule has 0 bridgehead atoms. The van der Waals surface area contributed by atoms with Gasteiger partial charge in [0.25, 0.3) is 0 Å². The lowest BCUT2D eigenvalue weighted by Gasteiger charge is -2.18. The number of nitrogens with zero attached hydrogens (tertiary/aromatic N) is 5. The maximum atomic E-state index is 10.1. The number of aromatic nitrogens is 3. The molecule has 0 N–H and O–H groups in total. The quantitative estimate of drug-likeness (QED) is 0.142. The molecule has 0 aliphatic rings. The Labute approximate surface area is 382 Å². The zero-order valence-corrected chi connectivity index (χ0v) is 35.6. The van der Waals surface area contributed by atoms with Crippen LogP contribution in [0.2, 0.25) is 0 Å². The number of benzene rings is 10. The largest absolute Gasteiger partial charge is 0.208 e. The van der Waals surface area contributed by atoms with Gasteiger partial charge in [0.15, 0.2) is 17.5 Å². The van der Waals surface area contributed by atoms with Gasteiger partial charge in [-0.3, -0.25) is 0 Å². The summed E-state index contributed by atoms with van der Waals surface area (Å²) in [5.74, 6) is 1.69. The molecule has 0 amide bonds. The minimum atomic E-state index is 0.557. The summed E-state index contributed by atoms with van der Waals surface area (Å²) in [5.41, 5.74) is 14.3. The third-order valence-electron chi connectivity index (χ3n) is 12.2. The molecule has 0 fully saturated rings. The summed E-state index contributed by atoms with van der Waals surface area (Å²) in [7, 11) is 0. The number of hydrogen-bond donors (Lipinski definition) is 0. The third-order valence-corrected chi connectivity index (χ3v) is 12.2. The van der Waals surface area contributed by atoms with Gasteiger partial charge in [-0.2, -0.15) is 10.5 Å². The van der Waals surface area contributed by atoms with Crippen LogP contribution in [0.5, 0.6) is 0 Å². The standard InChI is InChI=1S/C61H37N5/c62-38-40-24-27-44(28-25-40)50-18-6-9-22-56(50)61-65-59(46-13-2-1-3-14-46)64-60(66-61)47-33-29-42(30-34-47)48-16-10-17-49(37-48)57-36-41(39-63)26-35-54(57)52-20-7-8-21-53(52)55-23-11-15-45-32-31-43-12-4-5-19-51(43)58(45)55/h1-37H. The van der Waals surface area contributed by atoms with Crippen molar-refractivity contribution < 1.29 is 0 Å². The van der Waals surface area contributed by atoms with Gasteiger partial charge in [0, 0.05) is 16.7 Å². The maximum absolute atomic E-state index is 10.1. The molecule has 0 aliphatic carbocycles. The first kappa shape index (κ1) is 39.5. The Morgan fingerprint density at radius 1 is 0.273 bits per heavy atom. The van der Waals surface area contributed by atoms with Gasteiger partial charge in [-0.15, -0.1) is 0 Å². The number of rotatable bonds is 8. The average Bonchev–Trinajstić information content (AvgIpc) is 3.40. The third kappa shape index (κ3) is 7.43. The molecule has 0 saturated carbocycles. The average molecular weight is 840 g/mol. The molecule has 0 radical (unpaired) electrons. The number of hydrogen-bond acceptors (Lipinski definition) is 5. The molecule has 0 atom stereocenters. The van der Waals surface area contributed by atoms with Crippen molar-refractivity contribution >= 4 is 21.5 Å². The minimum absolute atomic E-state index is 0.557. The molecule has 1 heterocycles. The van der Waals surface area contributed by atoms with E-state index in [1.807, 2.05) is 84.9 Å². The van der Waals surface area contributed by atoms with E-state index in [1.165, 1.54) is 27.1 Å². The molecular weight excluding hydrogens is 803 g/mol. The zero-order chi connectivity index (χ0) is 44.4. The molecule has 0 aliphatic heterocycles. The van der Waals surface area contributed by atoms with Crippen molar-refractivity contribution in [3.05, 3.63) is 236 Å². The van der Waals surface area contributed by atoms with Crippen molar-refractivity contribution in [2.45, 2.75) is 0 Å². The minimum Gasteiger partial charge on any atom is -0.208 e.